The minimum atomic E-state index is 0.928. The number of aromatic nitrogens is 2. The maximum atomic E-state index is 4.59. The smallest absolute Gasteiger partial charge is 0.191 e. The number of nitrogens with one attached hydrogen (secondary N) is 2. The van der Waals surface area contributed by atoms with Gasteiger partial charge in [-0.2, -0.15) is 0 Å². The summed E-state index contributed by atoms with van der Waals surface area (Å²) in [4.78, 5) is 8.99. The lowest BCUT2D eigenvalue weighted by Crippen LogP contribution is -2.41. The largest absolute Gasteiger partial charge is 0.356 e. The van der Waals surface area contributed by atoms with Crippen molar-refractivity contribution in [2.24, 2.45) is 4.99 Å². The molecule has 0 aliphatic carbocycles. The van der Waals surface area contributed by atoms with Crippen LogP contribution in [-0.4, -0.2) is 35.1 Å². The molecule has 0 saturated heterocycles. The number of fused-ring (bicyclic) bond motifs is 1. The Labute approximate surface area is 119 Å². The molecule has 106 valence electrons. The van der Waals surface area contributed by atoms with Gasteiger partial charge >= 0.3 is 0 Å². The molecule has 0 atom stereocenters. The number of guanidine groups is 1. The van der Waals surface area contributed by atoms with Gasteiger partial charge in [-0.05, 0) is 31.9 Å². The van der Waals surface area contributed by atoms with Crippen molar-refractivity contribution in [1.29, 1.82) is 0 Å². The third-order valence-corrected chi connectivity index (χ3v) is 3.59. The van der Waals surface area contributed by atoms with E-state index >= 15 is 0 Å². The highest BCUT2D eigenvalue weighted by molar-refractivity contribution is 5.80. The van der Waals surface area contributed by atoms with Crippen LogP contribution in [0.3, 0.4) is 0 Å². The average molecular weight is 271 g/mol. The zero-order valence-electron chi connectivity index (χ0n) is 11.9. The lowest BCUT2D eigenvalue weighted by molar-refractivity contribution is 0.617. The number of para-hydroxylation sites is 2. The normalized spacial score (nSPS) is 14.9. The van der Waals surface area contributed by atoms with E-state index < -0.39 is 0 Å². The van der Waals surface area contributed by atoms with E-state index in [-0.39, 0.29) is 0 Å². The van der Waals surface area contributed by atoms with E-state index in [0.717, 1.165) is 56.3 Å². The topological polar surface area (TPSA) is 54.2 Å². The second-order valence-electron chi connectivity index (χ2n) is 5.09. The Balaban J connectivity index is 1.57. The predicted octanol–water partition coefficient (Wildman–Crippen LogP) is 1.67. The van der Waals surface area contributed by atoms with Crippen molar-refractivity contribution in [2.75, 3.05) is 19.6 Å². The van der Waals surface area contributed by atoms with Crippen molar-refractivity contribution in [2.45, 2.75) is 26.3 Å². The molecule has 1 aliphatic rings. The van der Waals surface area contributed by atoms with Gasteiger partial charge in [0.05, 0.1) is 11.0 Å². The highest BCUT2D eigenvalue weighted by Crippen LogP contribution is 2.15. The molecule has 1 aromatic heterocycles. The summed E-state index contributed by atoms with van der Waals surface area (Å²) in [5, 5.41) is 6.63. The first-order valence-electron chi connectivity index (χ1n) is 7.28. The highest BCUT2D eigenvalue weighted by Gasteiger charge is 2.06. The van der Waals surface area contributed by atoms with Crippen LogP contribution < -0.4 is 10.6 Å². The lowest BCUT2D eigenvalue weighted by atomic mass is 10.3. The Hall–Kier alpha value is -2.04. The Bertz CT molecular complexity index is 614. The Morgan fingerprint density at radius 1 is 1.35 bits per heavy atom. The van der Waals surface area contributed by atoms with Gasteiger partial charge in [0.2, 0.25) is 0 Å². The summed E-state index contributed by atoms with van der Waals surface area (Å²) in [6.45, 7) is 5.93. The molecule has 0 unspecified atom stereocenters. The van der Waals surface area contributed by atoms with Crippen LogP contribution in [-0.2, 0) is 6.54 Å². The van der Waals surface area contributed by atoms with Crippen LogP contribution in [0.4, 0.5) is 0 Å². The fraction of sp³-hybridized carbons (Fsp3) is 0.467. The Kier molecular flexibility index (Phi) is 3.85. The van der Waals surface area contributed by atoms with Crippen LogP contribution in [0.5, 0.6) is 0 Å². The molecule has 0 fully saturated rings. The van der Waals surface area contributed by atoms with Crippen LogP contribution in [0.2, 0.25) is 0 Å². The van der Waals surface area contributed by atoms with Gasteiger partial charge < -0.3 is 15.2 Å². The van der Waals surface area contributed by atoms with Gasteiger partial charge in [-0.25, -0.2) is 4.98 Å². The molecule has 0 saturated carbocycles. The SMILES string of the molecule is Cc1nc2ccccc2n1CCCNC1=NCCCN1. The molecule has 5 heteroatoms. The molecule has 3 rings (SSSR count). The van der Waals surface area contributed by atoms with E-state index in [1.54, 1.807) is 0 Å². The summed E-state index contributed by atoms with van der Waals surface area (Å²) in [5.74, 6) is 2.03. The van der Waals surface area contributed by atoms with E-state index in [0.29, 0.717) is 0 Å². The highest BCUT2D eigenvalue weighted by atomic mass is 15.2. The summed E-state index contributed by atoms with van der Waals surface area (Å²) >= 11 is 0. The predicted molar refractivity (Wildman–Crippen MR) is 82.0 cm³/mol. The Morgan fingerprint density at radius 2 is 2.25 bits per heavy atom. The molecule has 0 spiro atoms. The van der Waals surface area contributed by atoms with E-state index in [2.05, 4.69) is 50.3 Å². The van der Waals surface area contributed by atoms with Gasteiger partial charge in [0.1, 0.15) is 5.82 Å². The second-order valence-corrected chi connectivity index (χ2v) is 5.09. The molecule has 0 amide bonds. The summed E-state index contributed by atoms with van der Waals surface area (Å²) in [5.41, 5.74) is 2.30. The van der Waals surface area contributed by atoms with Crippen LogP contribution >= 0.6 is 0 Å². The molecule has 20 heavy (non-hydrogen) atoms. The molecule has 1 aliphatic heterocycles. The van der Waals surface area contributed by atoms with Crippen molar-refractivity contribution >= 4 is 17.0 Å². The third kappa shape index (κ3) is 2.76. The maximum absolute atomic E-state index is 4.59. The molecule has 2 N–H and O–H groups in total. The van der Waals surface area contributed by atoms with E-state index in [1.165, 1.54) is 5.52 Å². The number of hydrogen-bond acceptors (Lipinski definition) is 4. The minimum absolute atomic E-state index is 0.928. The quantitative estimate of drug-likeness (QED) is 0.832. The number of nitrogens with zero attached hydrogens (tertiary/aromatic N) is 3. The average Bonchev–Trinajstić information content (AvgIpc) is 2.80. The van der Waals surface area contributed by atoms with Crippen molar-refractivity contribution < 1.29 is 0 Å². The molecule has 2 heterocycles. The number of aliphatic imine (C=N–C) groups is 1. The maximum Gasteiger partial charge on any atom is 0.191 e. The van der Waals surface area contributed by atoms with Crippen molar-refractivity contribution in [1.82, 2.24) is 20.2 Å². The molecule has 1 aromatic carbocycles. The summed E-state index contributed by atoms with van der Waals surface area (Å²) in [6.07, 6.45) is 2.19. The number of benzene rings is 1. The first-order chi connectivity index (χ1) is 9.84. The molecule has 5 nitrogen and oxygen atoms in total. The first-order valence-corrected chi connectivity index (χ1v) is 7.28. The van der Waals surface area contributed by atoms with Crippen LogP contribution in [0, 0.1) is 6.92 Å². The molecule has 2 aromatic rings. The summed E-state index contributed by atoms with van der Waals surface area (Å²) in [6, 6.07) is 8.31. The van der Waals surface area contributed by atoms with Crippen LogP contribution in [0.15, 0.2) is 29.3 Å². The van der Waals surface area contributed by atoms with Crippen LogP contribution in [0.25, 0.3) is 11.0 Å². The molecule has 0 radical (unpaired) electrons. The standard InChI is InChI=1S/C15H21N5/c1-12-19-13-6-2-3-7-14(13)20(12)11-5-10-18-15-16-8-4-9-17-15/h2-3,6-7H,4-5,8-11H2,1H3,(H2,16,17,18). The molecule has 0 bridgehead atoms. The van der Waals surface area contributed by atoms with Crippen molar-refractivity contribution in [3.05, 3.63) is 30.1 Å². The van der Waals surface area contributed by atoms with Gasteiger partial charge in [0.25, 0.3) is 0 Å². The second kappa shape index (κ2) is 5.94. The fourth-order valence-corrected chi connectivity index (χ4v) is 2.57. The zero-order chi connectivity index (χ0) is 13.8. The lowest BCUT2D eigenvalue weighted by Gasteiger charge is -2.16. The number of imidazole rings is 1. The minimum Gasteiger partial charge on any atom is -0.356 e. The van der Waals surface area contributed by atoms with Gasteiger partial charge in [0.15, 0.2) is 5.96 Å². The van der Waals surface area contributed by atoms with Gasteiger partial charge in [0, 0.05) is 26.2 Å². The van der Waals surface area contributed by atoms with Crippen LogP contribution in [0.1, 0.15) is 18.7 Å². The van der Waals surface area contributed by atoms with Gasteiger partial charge in [-0.1, -0.05) is 12.1 Å². The monoisotopic (exact) mass is 271 g/mol. The summed E-state index contributed by atoms with van der Waals surface area (Å²) in [7, 11) is 0. The number of aryl methyl sites for hydroxylation is 2. The van der Waals surface area contributed by atoms with E-state index in [1.807, 2.05) is 6.07 Å². The number of hydrogen-bond donors (Lipinski definition) is 2. The van der Waals surface area contributed by atoms with E-state index in [4.69, 9.17) is 0 Å². The summed E-state index contributed by atoms with van der Waals surface area (Å²) < 4.78 is 2.28. The first kappa shape index (κ1) is 13.0. The zero-order valence-corrected chi connectivity index (χ0v) is 11.9. The third-order valence-electron chi connectivity index (χ3n) is 3.59. The molecular weight excluding hydrogens is 250 g/mol. The van der Waals surface area contributed by atoms with Gasteiger partial charge in [-0.15, -0.1) is 0 Å². The number of rotatable bonds is 4. The van der Waals surface area contributed by atoms with Crippen molar-refractivity contribution in [3.63, 3.8) is 0 Å². The van der Waals surface area contributed by atoms with Crippen molar-refractivity contribution in [3.8, 4) is 0 Å². The van der Waals surface area contributed by atoms with Gasteiger partial charge in [-0.3, -0.25) is 4.99 Å². The fourth-order valence-electron chi connectivity index (χ4n) is 2.57. The van der Waals surface area contributed by atoms with E-state index in [9.17, 15) is 0 Å². The molecular formula is C15H21N5. The Morgan fingerprint density at radius 3 is 3.10 bits per heavy atom.